The number of pyridine rings is 1. The van der Waals surface area contributed by atoms with Crippen molar-refractivity contribution in [2.45, 2.75) is 0 Å². The highest BCUT2D eigenvalue weighted by molar-refractivity contribution is 5.98. The third-order valence-corrected chi connectivity index (χ3v) is 3.59. The second-order valence-electron chi connectivity index (χ2n) is 5.02. The van der Waals surface area contributed by atoms with E-state index in [-0.39, 0.29) is 12.5 Å². The summed E-state index contributed by atoms with van der Waals surface area (Å²) in [4.78, 5) is 18.3. The highest BCUT2D eigenvalue weighted by Gasteiger charge is 2.10. The van der Waals surface area contributed by atoms with Gasteiger partial charge in [0.25, 0.3) is 0 Å². The first-order chi connectivity index (χ1) is 10.8. The molecule has 0 bridgehead atoms. The fourth-order valence-corrected chi connectivity index (χ4v) is 2.34. The molecule has 1 heterocycles. The van der Waals surface area contributed by atoms with Crippen LogP contribution < -0.4 is 10.2 Å². The number of aromatic nitrogens is 1. The zero-order valence-corrected chi connectivity index (χ0v) is 12.4. The Labute approximate surface area is 129 Å². The van der Waals surface area contributed by atoms with Crippen LogP contribution >= 0.6 is 0 Å². The Hall–Kier alpha value is -2.88. The number of rotatable bonds is 4. The number of para-hydroxylation sites is 1. The van der Waals surface area contributed by atoms with Crippen LogP contribution in [0.25, 0.3) is 10.9 Å². The molecule has 0 aliphatic rings. The minimum absolute atomic E-state index is 0.00657. The summed E-state index contributed by atoms with van der Waals surface area (Å²) in [6, 6.07) is 19.3. The molecule has 4 heteroatoms. The maximum absolute atomic E-state index is 12.3. The van der Waals surface area contributed by atoms with Crippen molar-refractivity contribution in [1.82, 2.24) is 4.98 Å². The molecule has 4 nitrogen and oxygen atoms in total. The van der Waals surface area contributed by atoms with Gasteiger partial charge in [-0.3, -0.25) is 9.78 Å². The van der Waals surface area contributed by atoms with Crippen molar-refractivity contribution < 1.29 is 4.79 Å². The highest BCUT2D eigenvalue weighted by Crippen LogP contribution is 2.21. The lowest BCUT2D eigenvalue weighted by Gasteiger charge is -2.18. The first-order valence-corrected chi connectivity index (χ1v) is 7.15. The number of benzene rings is 2. The van der Waals surface area contributed by atoms with E-state index in [4.69, 9.17) is 0 Å². The zero-order valence-electron chi connectivity index (χ0n) is 12.4. The van der Waals surface area contributed by atoms with Crippen LogP contribution in [0.15, 0.2) is 66.9 Å². The van der Waals surface area contributed by atoms with Crippen molar-refractivity contribution in [3.63, 3.8) is 0 Å². The van der Waals surface area contributed by atoms with E-state index in [9.17, 15) is 4.79 Å². The van der Waals surface area contributed by atoms with E-state index in [1.165, 1.54) is 0 Å². The number of likely N-dealkylation sites (N-methyl/N-ethyl adjacent to an activating group) is 1. The Balaban J connectivity index is 1.73. The van der Waals surface area contributed by atoms with E-state index < -0.39 is 0 Å². The zero-order chi connectivity index (χ0) is 15.4. The Kier molecular flexibility index (Phi) is 4.01. The van der Waals surface area contributed by atoms with Gasteiger partial charge in [-0.15, -0.1) is 0 Å². The standard InChI is InChI=1S/C18H17N3O/c1-21(14-7-3-2-4-8-14)18(22)13-20-17-11-5-10-16-15(17)9-6-12-19-16/h2-12,20H,13H2,1H3. The summed E-state index contributed by atoms with van der Waals surface area (Å²) < 4.78 is 0. The second-order valence-corrected chi connectivity index (χ2v) is 5.02. The fourth-order valence-electron chi connectivity index (χ4n) is 2.34. The number of nitrogens with one attached hydrogen (secondary N) is 1. The van der Waals surface area contributed by atoms with Crippen molar-refractivity contribution in [2.75, 3.05) is 23.8 Å². The first kappa shape index (κ1) is 14.1. The molecular formula is C18H17N3O. The molecule has 2 aromatic carbocycles. The van der Waals surface area contributed by atoms with E-state index in [2.05, 4.69) is 10.3 Å². The molecule has 1 aromatic heterocycles. The van der Waals surface area contributed by atoms with Crippen molar-refractivity contribution in [1.29, 1.82) is 0 Å². The lowest BCUT2D eigenvalue weighted by Crippen LogP contribution is -2.32. The van der Waals surface area contributed by atoms with Crippen LogP contribution in [0.3, 0.4) is 0 Å². The number of hydrogen-bond acceptors (Lipinski definition) is 3. The van der Waals surface area contributed by atoms with Crippen molar-refractivity contribution in [3.05, 3.63) is 66.9 Å². The number of carbonyl (C=O) groups is 1. The van der Waals surface area contributed by atoms with Gasteiger partial charge in [-0.05, 0) is 36.4 Å². The van der Waals surface area contributed by atoms with Crippen LogP contribution in [0.1, 0.15) is 0 Å². The summed E-state index contributed by atoms with van der Waals surface area (Å²) in [5.41, 5.74) is 2.71. The van der Waals surface area contributed by atoms with Gasteiger partial charge in [0, 0.05) is 30.0 Å². The molecule has 3 aromatic rings. The molecule has 110 valence electrons. The lowest BCUT2D eigenvalue weighted by molar-refractivity contribution is -0.116. The number of hydrogen-bond donors (Lipinski definition) is 1. The Bertz CT molecular complexity index is 781. The first-order valence-electron chi connectivity index (χ1n) is 7.15. The molecule has 0 atom stereocenters. The van der Waals surface area contributed by atoms with Crippen LogP contribution in [0.2, 0.25) is 0 Å². The lowest BCUT2D eigenvalue weighted by atomic mass is 10.2. The minimum Gasteiger partial charge on any atom is -0.376 e. The molecule has 0 aliphatic heterocycles. The van der Waals surface area contributed by atoms with Crippen LogP contribution in [-0.2, 0) is 4.79 Å². The van der Waals surface area contributed by atoms with Gasteiger partial charge >= 0.3 is 0 Å². The van der Waals surface area contributed by atoms with Gasteiger partial charge in [-0.25, -0.2) is 0 Å². The topological polar surface area (TPSA) is 45.2 Å². The molecule has 0 saturated carbocycles. The molecule has 0 saturated heterocycles. The predicted molar refractivity (Wildman–Crippen MR) is 90.1 cm³/mol. The van der Waals surface area contributed by atoms with Crippen LogP contribution in [0.5, 0.6) is 0 Å². The van der Waals surface area contributed by atoms with Gasteiger partial charge in [0.1, 0.15) is 0 Å². The monoisotopic (exact) mass is 291 g/mol. The smallest absolute Gasteiger partial charge is 0.246 e. The van der Waals surface area contributed by atoms with Gasteiger partial charge in [0.2, 0.25) is 5.91 Å². The number of nitrogens with zero attached hydrogens (tertiary/aromatic N) is 2. The van der Waals surface area contributed by atoms with Crippen molar-refractivity contribution in [2.24, 2.45) is 0 Å². The summed E-state index contributed by atoms with van der Waals surface area (Å²) >= 11 is 0. The molecule has 0 fully saturated rings. The summed E-state index contributed by atoms with van der Waals surface area (Å²) in [5, 5.41) is 4.22. The van der Waals surface area contributed by atoms with Gasteiger partial charge in [-0.1, -0.05) is 24.3 Å². The molecular weight excluding hydrogens is 274 g/mol. The van der Waals surface area contributed by atoms with Gasteiger partial charge in [0.05, 0.1) is 12.1 Å². The SMILES string of the molecule is CN(C(=O)CNc1cccc2ncccc12)c1ccccc1. The Morgan fingerprint density at radius 2 is 1.86 bits per heavy atom. The third kappa shape index (κ3) is 2.91. The number of amides is 1. The Morgan fingerprint density at radius 1 is 1.05 bits per heavy atom. The van der Waals surface area contributed by atoms with Gasteiger partial charge in [0.15, 0.2) is 0 Å². The van der Waals surface area contributed by atoms with Crippen molar-refractivity contribution in [3.8, 4) is 0 Å². The number of carbonyl (C=O) groups excluding carboxylic acids is 1. The Morgan fingerprint density at radius 3 is 2.68 bits per heavy atom. The summed E-state index contributed by atoms with van der Waals surface area (Å²) in [5.74, 6) is 0.00657. The molecule has 0 radical (unpaired) electrons. The fraction of sp³-hybridized carbons (Fsp3) is 0.111. The quantitative estimate of drug-likeness (QED) is 0.802. The van der Waals surface area contributed by atoms with Crippen LogP contribution in [0.4, 0.5) is 11.4 Å². The average molecular weight is 291 g/mol. The van der Waals surface area contributed by atoms with E-state index in [1.807, 2.05) is 60.7 Å². The number of fused-ring (bicyclic) bond motifs is 1. The summed E-state index contributed by atoms with van der Waals surface area (Å²) in [6.07, 6.45) is 1.76. The number of anilines is 2. The van der Waals surface area contributed by atoms with E-state index in [0.29, 0.717) is 0 Å². The van der Waals surface area contributed by atoms with E-state index in [0.717, 1.165) is 22.3 Å². The second kappa shape index (κ2) is 6.26. The maximum atomic E-state index is 12.3. The molecule has 22 heavy (non-hydrogen) atoms. The average Bonchev–Trinajstić information content (AvgIpc) is 2.59. The predicted octanol–water partition coefficient (Wildman–Crippen LogP) is 3.31. The van der Waals surface area contributed by atoms with Crippen molar-refractivity contribution >= 4 is 28.2 Å². The normalized spacial score (nSPS) is 10.4. The van der Waals surface area contributed by atoms with Gasteiger partial charge < -0.3 is 10.2 Å². The highest BCUT2D eigenvalue weighted by atomic mass is 16.2. The van der Waals surface area contributed by atoms with E-state index >= 15 is 0 Å². The molecule has 0 unspecified atom stereocenters. The van der Waals surface area contributed by atoms with Gasteiger partial charge in [-0.2, -0.15) is 0 Å². The van der Waals surface area contributed by atoms with E-state index in [1.54, 1.807) is 18.1 Å². The molecule has 0 aliphatic carbocycles. The largest absolute Gasteiger partial charge is 0.376 e. The van der Waals surface area contributed by atoms with Crippen LogP contribution in [-0.4, -0.2) is 24.5 Å². The summed E-state index contributed by atoms with van der Waals surface area (Å²) in [7, 11) is 1.78. The molecule has 0 spiro atoms. The maximum Gasteiger partial charge on any atom is 0.246 e. The molecule has 3 rings (SSSR count). The molecule has 1 amide bonds. The van der Waals surface area contributed by atoms with Crippen LogP contribution in [0, 0.1) is 0 Å². The minimum atomic E-state index is 0.00657. The summed E-state index contributed by atoms with van der Waals surface area (Å²) in [6.45, 7) is 0.236. The molecule has 1 N–H and O–H groups in total. The third-order valence-electron chi connectivity index (χ3n) is 3.59.